The highest BCUT2D eigenvalue weighted by atomic mass is 35.5. The van der Waals surface area contributed by atoms with Crippen molar-refractivity contribution >= 4 is 23.5 Å². The molecule has 1 aliphatic heterocycles. The van der Waals surface area contributed by atoms with Crippen LogP contribution in [0.3, 0.4) is 0 Å². The maximum absolute atomic E-state index is 12.0. The SMILES string of the molecule is CC1(c2ccccc2Cl)OC(NC(=O)O)=C(O)C1=O. The number of carbonyl (C=O) groups is 2. The molecule has 1 heterocycles. The first-order valence-corrected chi connectivity index (χ1v) is 5.66. The van der Waals surface area contributed by atoms with Crippen molar-refractivity contribution in [1.82, 2.24) is 5.32 Å². The molecule has 1 atom stereocenters. The molecule has 1 aliphatic rings. The lowest BCUT2D eigenvalue weighted by Gasteiger charge is -2.24. The molecule has 19 heavy (non-hydrogen) atoms. The summed E-state index contributed by atoms with van der Waals surface area (Å²) in [5.74, 6) is -2.03. The molecule has 100 valence electrons. The van der Waals surface area contributed by atoms with Gasteiger partial charge in [-0.25, -0.2) is 4.79 Å². The molecule has 2 rings (SSSR count). The molecular formula is C12H10ClNO5. The summed E-state index contributed by atoms with van der Waals surface area (Å²) in [6, 6.07) is 6.47. The van der Waals surface area contributed by atoms with E-state index in [0.717, 1.165) is 0 Å². The van der Waals surface area contributed by atoms with Gasteiger partial charge in [0.15, 0.2) is 0 Å². The maximum atomic E-state index is 12.0. The lowest BCUT2D eigenvalue weighted by atomic mass is 9.91. The van der Waals surface area contributed by atoms with E-state index in [4.69, 9.17) is 21.4 Å². The number of carboxylic acid groups (broad SMARTS) is 1. The summed E-state index contributed by atoms with van der Waals surface area (Å²) in [5, 5.41) is 20.3. The lowest BCUT2D eigenvalue weighted by Crippen LogP contribution is -2.32. The average molecular weight is 284 g/mol. The van der Waals surface area contributed by atoms with Crippen molar-refractivity contribution in [3.05, 3.63) is 46.5 Å². The maximum Gasteiger partial charge on any atom is 0.411 e. The number of rotatable bonds is 2. The quantitative estimate of drug-likeness (QED) is 0.773. The monoisotopic (exact) mass is 283 g/mol. The smallest absolute Gasteiger partial charge is 0.411 e. The number of halogens is 1. The Morgan fingerprint density at radius 2 is 2.05 bits per heavy atom. The number of ether oxygens (including phenoxy) is 1. The van der Waals surface area contributed by atoms with Crippen molar-refractivity contribution in [3.8, 4) is 0 Å². The minimum Gasteiger partial charge on any atom is -0.501 e. The van der Waals surface area contributed by atoms with E-state index in [-0.39, 0.29) is 5.02 Å². The van der Waals surface area contributed by atoms with Gasteiger partial charge in [-0.05, 0) is 13.0 Å². The summed E-state index contributed by atoms with van der Waals surface area (Å²) in [6.07, 6.45) is -1.45. The molecule has 1 aromatic rings. The van der Waals surface area contributed by atoms with Gasteiger partial charge >= 0.3 is 6.09 Å². The van der Waals surface area contributed by atoms with Crippen LogP contribution in [0, 0.1) is 0 Å². The molecule has 0 fully saturated rings. The van der Waals surface area contributed by atoms with Gasteiger partial charge < -0.3 is 14.9 Å². The molecule has 1 unspecified atom stereocenters. The number of aliphatic hydroxyl groups is 1. The van der Waals surface area contributed by atoms with Crippen molar-refractivity contribution in [2.24, 2.45) is 0 Å². The second kappa shape index (κ2) is 4.47. The third kappa shape index (κ3) is 2.10. The van der Waals surface area contributed by atoms with Crippen molar-refractivity contribution in [2.45, 2.75) is 12.5 Å². The van der Waals surface area contributed by atoms with E-state index in [9.17, 15) is 14.7 Å². The van der Waals surface area contributed by atoms with Gasteiger partial charge in [-0.1, -0.05) is 29.8 Å². The fraction of sp³-hybridized carbons (Fsp3) is 0.167. The normalized spacial score (nSPS) is 22.3. The Kier molecular flexibility index (Phi) is 3.11. The number of aliphatic hydroxyl groups excluding tert-OH is 1. The van der Waals surface area contributed by atoms with Crippen LogP contribution in [0.25, 0.3) is 0 Å². The molecule has 1 aromatic carbocycles. The highest BCUT2D eigenvalue weighted by Crippen LogP contribution is 2.39. The average Bonchev–Trinajstić information content (AvgIpc) is 2.55. The highest BCUT2D eigenvalue weighted by Gasteiger charge is 2.49. The summed E-state index contributed by atoms with van der Waals surface area (Å²) >= 11 is 5.99. The Bertz CT molecular complexity index is 598. The van der Waals surface area contributed by atoms with Crippen molar-refractivity contribution in [1.29, 1.82) is 0 Å². The molecule has 6 nitrogen and oxygen atoms in total. The van der Waals surface area contributed by atoms with Gasteiger partial charge in [0.1, 0.15) is 0 Å². The number of carbonyl (C=O) groups excluding carboxylic acids is 1. The highest BCUT2D eigenvalue weighted by molar-refractivity contribution is 6.32. The molecule has 0 saturated heterocycles. The number of hydrogen-bond acceptors (Lipinski definition) is 4. The molecule has 1 amide bonds. The standard InChI is InChI=1S/C12H10ClNO5/c1-12(6-4-2-3-5-7(6)13)9(16)8(15)10(19-12)14-11(17)18/h2-5,14-15H,1H3,(H,17,18). The summed E-state index contributed by atoms with van der Waals surface area (Å²) in [7, 11) is 0. The van der Waals surface area contributed by atoms with Gasteiger partial charge in [-0.2, -0.15) is 0 Å². The van der Waals surface area contributed by atoms with Gasteiger partial charge in [-0.3, -0.25) is 10.1 Å². The molecule has 0 aliphatic carbocycles. The van der Waals surface area contributed by atoms with E-state index < -0.39 is 29.1 Å². The number of hydrogen-bond donors (Lipinski definition) is 3. The van der Waals surface area contributed by atoms with Crippen LogP contribution in [0.15, 0.2) is 35.9 Å². The number of benzene rings is 1. The minimum atomic E-state index is -1.56. The first kappa shape index (κ1) is 13.2. The number of amides is 1. The number of nitrogens with one attached hydrogen (secondary N) is 1. The van der Waals surface area contributed by atoms with Crippen LogP contribution in [-0.4, -0.2) is 22.1 Å². The van der Waals surface area contributed by atoms with Crippen LogP contribution in [0.1, 0.15) is 12.5 Å². The zero-order chi connectivity index (χ0) is 14.2. The van der Waals surface area contributed by atoms with Gasteiger partial charge in [0, 0.05) is 10.6 Å². The molecule has 0 aromatic heterocycles. The Balaban J connectivity index is 2.42. The topological polar surface area (TPSA) is 95.9 Å². The van der Waals surface area contributed by atoms with E-state index in [2.05, 4.69) is 0 Å². The molecule has 0 saturated carbocycles. The number of ketones is 1. The number of Topliss-reactive ketones (excluding diaryl/α,β-unsaturated/α-hetero) is 1. The van der Waals surface area contributed by atoms with Crippen molar-refractivity contribution in [2.75, 3.05) is 0 Å². The fourth-order valence-corrected chi connectivity index (χ4v) is 2.15. The third-order valence-corrected chi connectivity index (χ3v) is 3.11. The summed E-state index contributed by atoms with van der Waals surface area (Å²) in [6.45, 7) is 1.41. The third-order valence-electron chi connectivity index (χ3n) is 2.78. The summed E-state index contributed by atoms with van der Waals surface area (Å²) in [4.78, 5) is 22.6. The Morgan fingerprint density at radius 3 is 2.63 bits per heavy atom. The molecular weight excluding hydrogens is 274 g/mol. The molecule has 0 bridgehead atoms. The second-order valence-electron chi connectivity index (χ2n) is 4.05. The predicted octanol–water partition coefficient (Wildman–Crippen LogP) is 2.15. The first-order chi connectivity index (χ1) is 8.86. The van der Waals surface area contributed by atoms with E-state index in [1.807, 2.05) is 5.32 Å². The predicted molar refractivity (Wildman–Crippen MR) is 65.7 cm³/mol. The summed E-state index contributed by atoms with van der Waals surface area (Å²) in [5.41, 5.74) is -1.21. The minimum absolute atomic E-state index is 0.280. The fourth-order valence-electron chi connectivity index (χ4n) is 1.84. The molecule has 7 heteroatoms. The van der Waals surface area contributed by atoms with Gasteiger partial charge in [0.2, 0.25) is 17.2 Å². The molecule has 0 radical (unpaired) electrons. The van der Waals surface area contributed by atoms with Crippen molar-refractivity contribution < 1.29 is 24.5 Å². The van der Waals surface area contributed by atoms with Crippen LogP contribution >= 0.6 is 11.6 Å². The van der Waals surface area contributed by atoms with Crippen LogP contribution < -0.4 is 5.32 Å². The Labute approximate surface area is 113 Å². The Hall–Kier alpha value is -2.21. The van der Waals surface area contributed by atoms with Crippen molar-refractivity contribution in [3.63, 3.8) is 0 Å². The van der Waals surface area contributed by atoms with Crippen LogP contribution in [0.4, 0.5) is 4.79 Å². The summed E-state index contributed by atoms with van der Waals surface area (Å²) < 4.78 is 5.25. The lowest BCUT2D eigenvalue weighted by molar-refractivity contribution is -0.131. The van der Waals surface area contributed by atoms with Gasteiger partial charge in [0.05, 0.1) is 0 Å². The molecule has 0 spiro atoms. The van der Waals surface area contributed by atoms with E-state index >= 15 is 0 Å². The van der Waals surface area contributed by atoms with E-state index in [1.54, 1.807) is 24.3 Å². The van der Waals surface area contributed by atoms with E-state index in [1.165, 1.54) is 6.92 Å². The van der Waals surface area contributed by atoms with Gasteiger partial charge in [0.25, 0.3) is 5.78 Å². The molecule has 3 N–H and O–H groups in total. The van der Waals surface area contributed by atoms with Gasteiger partial charge in [-0.15, -0.1) is 0 Å². The Morgan fingerprint density at radius 1 is 1.42 bits per heavy atom. The zero-order valence-corrected chi connectivity index (χ0v) is 10.6. The first-order valence-electron chi connectivity index (χ1n) is 5.28. The van der Waals surface area contributed by atoms with Crippen LogP contribution in [-0.2, 0) is 15.1 Å². The van der Waals surface area contributed by atoms with Crippen LogP contribution in [0.2, 0.25) is 5.02 Å². The largest absolute Gasteiger partial charge is 0.501 e. The van der Waals surface area contributed by atoms with E-state index in [0.29, 0.717) is 5.56 Å². The van der Waals surface area contributed by atoms with Crippen LogP contribution in [0.5, 0.6) is 0 Å². The second-order valence-corrected chi connectivity index (χ2v) is 4.46. The zero-order valence-electron chi connectivity index (χ0n) is 9.81.